The van der Waals surface area contributed by atoms with Gasteiger partial charge in [0.1, 0.15) is 0 Å². The minimum atomic E-state index is -0.353. The number of nitrogens with one attached hydrogen (secondary N) is 1. The van der Waals surface area contributed by atoms with Gasteiger partial charge in [-0.3, -0.25) is 10.1 Å². The summed E-state index contributed by atoms with van der Waals surface area (Å²) >= 11 is 3.15. The molecule has 0 spiro atoms. The number of hydrogen-bond acceptors (Lipinski definition) is 4. The predicted molar refractivity (Wildman–Crippen MR) is 63.4 cm³/mol. The fraction of sp³-hybridized carbons (Fsp3) is 0.500. The van der Waals surface area contributed by atoms with Crippen LogP contribution in [0.2, 0.25) is 0 Å². The molecule has 6 heteroatoms. The molecule has 86 valence electrons. The second-order valence-electron chi connectivity index (χ2n) is 3.82. The second kappa shape index (κ2) is 4.88. The summed E-state index contributed by atoms with van der Waals surface area (Å²) in [6.45, 7) is 1.84. The monoisotopic (exact) mass is 285 g/mol. The van der Waals surface area contributed by atoms with Gasteiger partial charge in [0.25, 0.3) is 0 Å². The minimum Gasteiger partial charge on any atom is -0.317 e. The lowest BCUT2D eigenvalue weighted by Crippen LogP contribution is -2.27. The molecule has 0 saturated carbocycles. The molecule has 16 heavy (non-hydrogen) atoms. The number of nitro groups is 1. The van der Waals surface area contributed by atoms with Gasteiger partial charge < -0.3 is 5.32 Å². The highest BCUT2D eigenvalue weighted by Gasteiger charge is 2.26. The summed E-state index contributed by atoms with van der Waals surface area (Å²) < 4.78 is 0.327. The smallest absolute Gasteiger partial charge is 0.305 e. The van der Waals surface area contributed by atoms with Crippen LogP contribution in [0.15, 0.2) is 16.9 Å². The van der Waals surface area contributed by atoms with Gasteiger partial charge in [-0.05, 0) is 53.8 Å². The summed E-state index contributed by atoms with van der Waals surface area (Å²) in [6, 6.07) is 1.76. The molecule has 2 heterocycles. The highest BCUT2D eigenvalue weighted by molar-refractivity contribution is 9.10. The lowest BCUT2D eigenvalue weighted by molar-refractivity contribution is -0.387. The van der Waals surface area contributed by atoms with Crippen LogP contribution < -0.4 is 5.32 Å². The fourth-order valence-electron chi connectivity index (χ4n) is 2.09. The summed E-state index contributed by atoms with van der Waals surface area (Å²) in [7, 11) is 0. The fourth-order valence-corrected chi connectivity index (χ4v) is 2.58. The van der Waals surface area contributed by atoms with Crippen LogP contribution in [0.3, 0.4) is 0 Å². The number of aromatic nitrogens is 1. The first kappa shape index (κ1) is 11.5. The minimum absolute atomic E-state index is 0.120. The van der Waals surface area contributed by atoms with Gasteiger partial charge in [-0.2, -0.15) is 0 Å². The van der Waals surface area contributed by atoms with Gasteiger partial charge in [-0.15, -0.1) is 0 Å². The van der Waals surface area contributed by atoms with Crippen LogP contribution in [0, 0.1) is 10.1 Å². The molecule has 2 rings (SSSR count). The molecule has 1 saturated heterocycles. The Bertz CT molecular complexity index is 405. The van der Waals surface area contributed by atoms with Crippen molar-refractivity contribution in [2.24, 2.45) is 0 Å². The van der Waals surface area contributed by atoms with Gasteiger partial charge in [-0.1, -0.05) is 0 Å². The zero-order valence-electron chi connectivity index (χ0n) is 8.65. The Morgan fingerprint density at radius 3 is 2.81 bits per heavy atom. The van der Waals surface area contributed by atoms with Gasteiger partial charge >= 0.3 is 5.69 Å². The maximum Gasteiger partial charge on any atom is 0.305 e. The van der Waals surface area contributed by atoms with E-state index in [4.69, 9.17) is 0 Å². The average molecular weight is 286 g/mol. The molecule has 1 aromatic rings. The van der Waals surface area contributed by atoms with Crippen molar-refractivity contribution in [3.05, 3.63) is 32.5 Å². The molecule has 0 unspecified atom stereocenters. The van der Waals surface area contributed by atoms with Crippen LogP contribution in [-0.4, -0.2) is 23.0 Å². The lowest BCUT2D eigenvalue weighted by atomic mass is 9.90. The van der Waals surface area contributed by atoms with Crippen LogP contribution in [0.25, 0.3) is 0 Å². The third kappa shape index (κ3) is 2.22. The van der Waals surface area contributed by atoms with Gasteiger partial charge in [0.15, 0.2) is 4.60 Å². The molecule has 0 aliphatic carbocycles. The molecule has 0 radical (unpaired) electrons. The molecule has 0 aromatic carbocycles. The van der Waals surface area contributed by atoms with E-state index >= 15 is 0 Å². The topological polar surface area (TPSA) is 68.1 Å². The normalized spacial score (nSPS) is 17.3. The Morgan fingerprint density at radius 1 is 1.50 bits per heavy atom. The van der Waals surface area contributed by atoms with Crippen molar-refractivity contribution >= 4 is 21.6 Å². The van der Waals surface area contributed by atoms with Crippen LogP contribution in [0.1, 0.15) is 24.3 Å². The van der Waals surface area contributed by atoms with E-state index in [2.05, 4.69) is 26.2 Å². The molecular formula is C10H12BrN3O2. The molecule has 1 fully saturated rings. The molecule has 1 aromatic heterocycles. The maximum atomic E-state index is 11.0. The molecule has 1 aliphatic rings. The van der Waals surface area contributed by atoms with E-state index in [0.717, 1.165) is 31.5 Å². The Labute approximate surface area is 102 Å². The summed E-state index contributed by atoms with van der Waals surface area (Å²) in [6.07, 6.45) is 3.50. The number of hydrogen-bond donors (Lipinski definition) is 1. The zero-order chi connectivity index (χ0) is 11.5. The standard InChI is InChI=1S/C10H12BrN3O2/c11-10-9(14(15)16)8(3-6-13-10)7-1-4-12-5-2-7/h3,6-7,12H,1-2,4-5H2. The van der Waals surface area contributed by atoms with E-state index in [1.54, 1.807) is 12.3 Å². The highest BCUT2D eigenvalue weighted by atomic mass is 79.9. The molecular weight excluding hydrogens is 274 g/mol. The van der Waals surface area contributed by atoms with Crippen LogP contribution in [0.5, 0.6) is 0 Å². The van der Waals surface area contributed by atoms with Gasteiger partial charge in [0.05, 0.1) is 4.92 Å². The third-order valence-electron chi connectivity index (χ3n) is 2.87. The van der Waals surface area contributed by atoms with Crippen molar-refractivity contribution in [3.63, 3.8) is 0 Å². The Kier molecular flexibility index (Phi) is 3.50. The van der Waals surface area contributed by atoms with Crippen molar-refractivity contribution < 1.29 is 4.92 Å². The van der Waals surface area contributed by atoms with E-state index in [1.807, 2.05) is 0 Å². The average Bonchev–Trinajstić information content (AvgIpc) is 2.29. The molecule has 0 atom stereocenters. The van der Waals surface area contributed by atoms with E-state index < -0.39 is 0 Å². The molecule has 1 N–H and O–H groups in total. The number of rotatable bonds is 2. The van der Waals surface area contributed by atoms with E-state index in [-0.39, 0.29) is 16.5 Å². The second-order valence-corrected chi connectivity index (χ2v) is 4.57. The highest BCUT2D eigenvalue weighted by Crippen LogP contribution is 2.35. The van der Waals surface area contributed by atoms with Gasteiger partial charge in [-0.25, -0.2) is 4.98 Å². The Balaban J connectivity index is 2.38. The Morgan fingerprint density at radius 2 is 2.19 bits per heavy atom. The van der Waals surface area contributed by atoms with Crippen molar-refractivity contribution in [1.29, 1.82) is 0 Å². The molecule has 1 aliphatic heterocycles. The van der Waals surface area contributed by atoms with Crippen LogP contribution >= 0.6 is 15.9 Å². The van der Waals surface area contributed by atoms with Crippen molar-refractivity contribution in [1.82, 2.24) is 10.3 Å². The zero-order valence-corrected chi connectivity index (χ0v) is 10.2. The first-order chi connectivity index (χ1) is 7.70. The van der Waals surface area contributed by atoms with E-state index in [9.17, 15) is 10.1 Å². The van der Waals surface area contributed by atoms with E-state index in [1.165, 1.54) is 0 Å². The summed E-state index contributed by atoms with van der Waals surface area (Å²) in [5, 5.41) is 14.3. The molecule has 0 bridgehead atoms. The number of nitrogens with zero attached hydrogens (tertiary/aromatic N) is 2. The first-order valence-corrected chi connectivity index (χ1v) is 5.99. The van der Waals surface area contributed by atoms with Crippen LogP contribution in [-0.2, 0) is 0 Å². The molecule has 5 nitrogen and oxygen atoms in total. The quantitative estimate of drug-likeness (QED) is 0.514. The third-order valence-corrected chi connectivity index (χ3v) is 3.45. The maximum absolute atomic E-state index is 11.0. The van der Waals surface area contributed by atoms with Crippen molar-refractivity contribution in [3.8, 4) is 0 Å². The lowest BCUT2D eigenvalue weighted by Gasteiger charge is -2.22. The summed E-state index contributed by atoms with van der Waals surface area (Å²) in [5.41, 5.74) is 0.919. The first-order valence-electron chi connectivity index (χ1n) is 5.19. The van der Waals surface area contributed by atoms with Gasteiger partial charge in [0, 0.05) is 11.8 Å². The Hall–Kier alpha value is -1.01. The number of halogens is 1. The SMILES string of the molecule is O=[N+]([O-])c1c(C2CCNCC2)ccnc1Br. The van der Waals surface area contributed by atoms with Crippen molar-refractivity contribution in [2.75, 3.05) is 13.1 Å². The number of piperidine rings is 1. The van der Waals surface area contributed by atoms with Crippen LogP contribution in [0.4, 0.5) is 5.69 Å². The summed E-state index contributed by atoms with van der Waals surface area (Å²) in [5.74, 6) is 0.265. The van der Waals surface area contributed by atoms with Gasteiger partial charge in [0.2, 0.25) is 0 Å². The predicted octanol–water partition coefficient (Wildman–Crippen LogP) is 2.22. The van der Waals surface area contributed by atoms with E-state index in [0.29, 0.717) is 4.60 Å². The largest absolute Gasteiger partial charge is 0.317 e. The van der Waals surface area contributed by atoms with Crippen molar-refractivity contribution in [2.45, 2.75) is 18.8 Å². The number of pyridine rings is 1. The summed E-state index contributed by atoms with van der Waals surface area (Å²) in [4.78, 5) is 14.6. The molecule has 0 amide bonds.